The molecular weight excluding hydrogens is 391 g/mol. The van der Waals surface area contributed by atoms with Gasteiger partial charge in [0.25, 0.3) is 0 Å². The highest BCUT2D eigenvalue weighted by Crippen LogP contribution is 2.46. The van der Waals surface area contributed by atoms with Crippen LogP contribution in [0.25, 0.3) is 11.3 Å². The van der Waals surface area contributed by atoms with Gasteiger partial charge in [0.15, 0.2) is 0 Å². The summed E-state index contributed by atoms with van der Waals surface area (Å²) >= 11 is 14.3. The van der Waals surface area contributed by atoms with Crippen LogP contribution in [0.4, 0.5) is 0 Å². The highest BCUT2D eigenvalue weighted by atomic mass is 35.5. The van der Waals surface area contributed by atoms with Crippen molar-refractivity contribution in [3.8, 4) is 11.3 Å². The molecule has 2 atom stereocenters. The van der Waals surface area contributed by atoms with Crippen molar-refractivity contribution in [2.45, 2.75) is 12.5 Å². The van der Waals surface area contributed by atoms with E-state index in [4.69, 9.17) is 34.7 Å². The normalized spacial score (nSPS) is 13.5. The average Bonchev–Trinajstić information content (AvgIpc) is 3.15. The second kappa shape index (κ2) is 7.80. The second-order valence-electron chi connectivity index (χ2n) is 5.99. The topological polar surface area (TPSA) is 86.9 Å². The van der Waals surface area contributed by atoms with Crippen LogP contribution in [0.3, 0.4) is 0 Å². The molecule has 2 unspecified atom stereocenters. The number of rotatable bonds is 6. The fourth-order valence-electron chi connectivity index (χ4n) is 2.90. The molecule has 3 rings (SSSR count). The van der Waals surface area contributed by atoms with Gasteiger partial charge in [-0.25, -0.2) is 0 Å². The molecular formula is C18H18Cl2N4OS. The number of primary amides is 1. The summed E-state index contributed by atoms with van der Waals surface area (Å²) in [6, 6.07) is 10.8. The molecule has 26 heavy (non-hydrogen) atoms. The quantitative estimate of drug-likeness (QED) is 0.649. The summed E-state index contributed by atoms with van der Waals surface area (Å²) in [5, 5.41) is 4.59. The number of amides is 1. The SMILES string of the molecule is Cn1nccc1-c1c(Cl)sc(C(N)C(Cc2ccccc2)C(N)=O)c1Cl. The number of thiophene rings is 1. The third-order valence-electron chi connectivity index (χ3n) is 4.31. The Morgan fingerprint density at radius 2 is 1.96 bits per heavy atom. The molecule has 8 heteroatoms. The van der Waals surface area contributed by atoms with Crippen LogP contribution in [0.1, 0.15) is 16.5 Å². The molecule has 0 bridgehead atoms. The number of hydrogen-bond acceptors (Lipinski definition) is 4. The summed E-state index contributed by atoms with van der Waals surface area (Å²) in [6.45, 7) is 0. The Morgan fingerprint density at radius 3 is 2.54 bits per heavy atom. The van der Waals surface area contributed by atoms with Gasteiger partial charge in [-0.15, -0.1) is 11.3 Å². The first-order chi connectivity index (χ1) is 12.4. The number of halogens is 2. The fraction of sp³-hybridized carbons (Fsp3) is 0.222. The highest BCUT2D eigenvalue weighted by Gasteiger charge is 2.31. The number of aryl methyl sites for hydroxylation is 1. The summed E-state index contributed by atoms with van der Waals surface area (Å²) in [7, 11) is 1.81. The lowest BCUT2D eigenvalue weighted by atomic mass is 9.91. The number of carbonyl (C=O) groups is 1. The van der Waals surface area contributed by atoms with Gasteiger partial charge < -0.3 is 11.5 Å². The first-order valence-electron chi connectivity index (χ1n) is 7.95. The van der Waals surface area contributed by atoms with Gasteiger partial charge in [-0.05, 0) is 18.1 Å². The molecule has 0 spiro atoms. The molecule has 1 amide bonds. The van der Waals surface area contributed by atoms with Crippen molar-refractivity contribution >= 4 is 40.4 Å². The van der Waals surface area contributed by atoms with Gasteiger partial charge in [-0.1, -0.05) is 53.5 Å². The van der Waals surface area contributed by atoms with E-state index in [1.54, 1.807) is 17.9 Å². The van der Waals surface area contributed by atoms with Gasteiger partial charge in [0, 0.05) is 23.7 Å². The molecule has 2 aromatic heterocycles. The largest absolute Gasteiger partial charge is 0.369 e. The molecule has 4 N–H and O–H groups in total. The van der Waals surface area contributed by atoms with E-state index in [1.165, 1.54) is 11.3 Å². The molecule has 0 radical (unpaired) electrons. The van der Waals surface area contributed by atoms with Crippen LogP contribution in [0.5, 0.6) is 0 Å². The summed E-state index contributed by atoms with van der Waals surface area (Å²) in [5.74, 6) is -1.06. The zero-order valence-corrected chi connectivity index (χ0v) is 16.4. The predicted molar refractivity (Wildman–Crippen MR) is 106 cm³/mol. The minimum atomic E-state index is -0.648. The van der Waals surface area contributed by atoms with Crippen LogP contribution < -0.4 is 11.5 Å². The van der Waals surface area contributed by atoms with Crippen LogP contribution in [0.2, 0.25) is 9.36 Å². The lowest BCUT2D eigenvalue weighted by Gasteiger charge is -2.20. The van der Waals surface area contributed by atoms with E-state index in [0.717, 1.165) is 11.3 Å². The van der Waals surface area contributed by atoms with E-state index >= 15 is 0 Å². The average molecular weight is 409 g/mol. The summed E-state index contributed by atoms with van der Waals surface area (Å²) in [6.07, 6.45) is 2.10. The molecule has 3 aromatic rings. The van der Waals surface area contributed by atoms with Gasteiger partial charge >= 0.3 is 0 Å². The van der Waals surface area contributed by atoms with Crippen LogP contribution >= 0.6 is 34.5 Å². The first kappa shape index (κ1) is 18.9. The Kier molecular flexibility index (Phi) is 5.67. The van der Waals surface area contributed by atoms with Gasteiger partial charge in [-0.2, -0.15) is 5.10 Å². The molecule has 0 fully saturated rings. The van der Waals surface area contributed by atoms with Crippen LogP contribution in [-0.4, -0.2) is 15.7 Å². The molecule has 0 saturated carbocycles. The van der Waals surface area contributed by atoms with Crippen LogP contribution in [0.15, 0.2) is 42.6 Å². The summed E-state index contributed by atoms with van der Waals surface area (Å²) < 4.78 is 2.19. The Balaban J connectivity index is 1.97. The van der Waals surface area contributed by atoms with Crippen molar-refractivity contribution in [1.29, 1.82) is 0 Å². The zero-order valence-electron chi connectivity index (χ0n) is 14.0. The number of aromatic nitrogens is 2. The molecule has 2 heterocycles. The van der Waals surface area contributed by atoms with Crippen LogP contribution in [0, 0.1) is 5.92 Å². The van der Waals surface area contributed by atoms with E-state index in [0.29, 0.717) is 26.2 Å². The lowest BCUT2D eigenvalue weighted by Crippen LogP contribution is -2.34. The maximum Gasteiger partial charge on any atom is 0.222 e. The van der Waals surface area contributed by atoms with Crippen molar-refractivity contribution in [2.75, 3.05) is 0 Å². The maximum absolute atomic E-state index is 12.1. The standard InChI is InChI=1S/C18H18Cl2N4OS/c1-24-12(7-8-23-24)13-14(19)16(26-17(13)20)15(21)11(18(22)25)9-10-5-3-2-4-6-10/h2-8,11,15H,9,21H2,1H3,(H2,22,25). The van der Waals surface area contributed by atoms with E-state index in [-0.39, 0.29) is 0 Å². The predicted octanol–water partition coefficient (Wildman–Crippen LogP) is 3.80. The third-order valence-corrected chi connectivity index (χ3v) is 6.31. The maximum atomic E-state index is 12.1. The van der Waals surface area contributed by atoms with Gasteiger partial charge in [-0.3, -0.25) is 9.48 Å². The smallest absolute Gasteiger partial charge is 0.222 e. The molecule has 0 saturated heterocycles. The van der Waals surface area contributed by atoms with E-state index < -0.39 is 17.9 Å². The van der Waals surface area contributed by atoms with E-state index in [1.807, 2.05) is 36.4 Å². The number of carbonyl (C=O) groups excluding carboxylic acids is 1. The number of nitrogens with two attached hydrogens (primary N) is 2. The van der Waals surface area contributed by atoms with Gasteiger partial charge in [0.05, 0.1) is 22.7 Å². The summed E-state index contributed by atoms with van der Waals surface area (Å²) in [4.78, 5) is 12.7. The lowest BCUT2D eigenvalue weighted by molar-refractivity contribution is -0.122. The second-order valence-corrected chi connectivity index (χ2v) is 8.03. The molecule has 0 aliphatic heterocycles. The molecule has 1 aromatic carbocycles. The highest BCUT2D eigenvalue weighted by molar-refractivity contribution is 7.17. The van der Waals surface area contributed by atoms with Gasteiger partial charge in [0.2, 0.25) is 5.91 Å². The van der Waals surface area contributed by atoms with E-state index in [2.05, 4.69) is 5.10 Å². The zero-order chi connectivity index (χ0) is 18.8. The monoisotopic (exact) mass is 408 g/mol. The fourth-order valence-corrected chi connectivity index (χ4v) is 4.88. The van der Waals surface area contributed by atoms with Crippen molar-refractivity contribution in [1.82, 2.24) is 9.78 Å². The molecule has 0 aliphatic rings. The Labute approximate surface area is 165 Å². The minimum absolute atomic E-state index is 0.435. The van der Waals surface area contributed by atoms with Crippen molar-refractivity contribution in [2.24, 2.45) is 24.4 Å². The Bertz CT molecular complexity index is 923. The van der Waals surface area contributed by atoms with Crippen molar-refractivity contribution in [3.63, 3.8) is 0 Å². The molecule has 0 aliphatic carbocycles. The number of nitrogens with zero attached hydrogens (tertiary/aromatic N) is 2. The third kappa shape index (κ3) is 3.64. The first-order valence-corrected chi connectivity index (χ1v) is 9.52. The minimum Gasteiger partial charge on any atom is -0.369 e. The van der Waals surface area contributed by atoms with Crippen molar-refractivity contribution < 1.29 is 4.79 Å². The van der Waals surface area contributed by atoms with E-state index in [9.17, 15) is 4.79 Å². The number of hydrogen-bond donors (Lipinski definition) is 2. The number of benzene rings is 1. The van der Waals surface area contributed by atoms with Gasteiger partial charge in [0.1, 0.15) is 4.34 Å². The molecule has 5 nitrogen and oxygen atoms in total. The Hall–Kier alpha value is -1.86. The Morgan fingerprint density at radius 1 is 1.27 bits per heavy atom. The molecule has 136 valence electrons. The van der Waals surface area contributed by atoms with Crippen molar-refractivity contribution in [3.05, 3.63) is 62.4 Å². The van der Waals surface area contributed by atoms with Crippen LogP contribution in [-0.2, 0) is 18.3 Å². The summed E-state index contributed by atoms with van der Waals surface area (Å²) in [5.41, 5.74) is 14.5.